The molecule has 1 aromatic carbocycles. The minimum Gasteiger partial charge on any atom is -0.338 e. The van der Waals surface area contributed by atoms with E-state index in [0.717, 1.165) is 12.8 Å². The molecular formula is C18H24FN3O2. The van der Waals surface area contributed by atoms with Crippen LogP contribution in [0, 0.1) is 17.7 Å². The lowest BCUT2D eigenvalue weighted by molar-refractivity contribution is -0.143. The van der Waals surface area contributed by atoms with Crippen LogP contribution in [0.15, 0.2) is 24.3 Å². The molecule has 3 atom stereocenters. The molecule has 2 heterocycles. The number of hydrogen-bond donors (Lipinski definition) is 1. The molecule has 130 valence electrons. The summed E-state index contributed by atoms with van der Waals surface area (Å²) in [5, 5.41) is 0. The van der Waals surface area contributed by atoms with Gasteiger partial charge in [0.2, 0.25) is 11.8 Å². The summed E-state index contributed by atoms with van der Waals surface area (Å²) in [4.78, 5) is 28.9. The van der Waals surface area contributed by atoms with Crippen molar-refractivity contribution in [3.05, 3.63) is 30.1 Å². The molecule has 0 aromatic heterocycles. The van der Waals surface area contributed by atoms with Crippen molar-refractivity contribution in [3.63, 3.8) is 0 Å². The molecule has 0 spiro atoms. The maximum absolute atomic E-state index is 13.1. The van der Waals surface area contributed by atoms with Crippen molar-refractivity contribution >= 4 is 17.5 Å². The Labute approximate surface area is 141 Å². The van der Waals surface area contributed by atoms with Gasteiger partial charge in [-0.2, -0.15) is 0 Å². The highest BCUT2D eigenvalue weighted by Crippen LogP contribution is 2.30. The van der Waals surface area contributed by atoms with Crippen LogP contribution in [-0.4, -0.2) is 42.4 Å². The van der Waals surface area contributed by atoms with Crippen LogP contribution in [0.25, 0.3) is 0 Å². The van der Waals surface area contributed by atoms with Crippen molar-refractivity contribution in [3.8, 4) is 0 Å². The Balaban J connectivity index is 1.72. The maximum Gasteiger partial charge on any atom is 0.239 e. The first-order valence-corrected chi connectivity index (χ1v) is 8.58. The molecule has 0 aliphatic carbocycles. The Kier molecular flexibility index (Phi) is 4.85. The number of anilines is 1. The van der Waals surface area contributed by atoms with E-state index in [0.29, 0.717) is 37.7 Å². The van der Waals surface area contributed by atoms with Crippen LogP contribution in [0.4, 0.5) is 10.1 Å². The molecule has 2 aliphatic heterocycles. The van der Waals surface area contributed by atoms with Gasteiger partial charge in [0.15, 0.2) is 0 Å². The van der Waals surface area contributed by atoms with Gasteiger partial charge in [0.25, 0.3) is 0 Å². The Bertz CT molecular complexity index is 619. The van der Waals surface area contributed by atoms with Gasteiger partial charge >= 0.3 is 0 Å². The van der Waals surface area contributed by atoms with Gasteiger partial charge in [-0.3, -0.25) is 9.59 Å². The molecule has 1 aromatic rings. The highest BCUT2D eigenvalue weighted by molar-refractivity contribution is 6.09. The minimum absolute atomic E-state index is 0.0221. The van der Waals surface area contributed by atoms with Gasteiger partial charge in [-0.1, -0.05) is 6.92 Å². The molecule has 2 N–H and O–H groups in total. The molecule has 3 unspecified atom stereocenters. The summed E-state index contributed by atoms with van der Waals surface area (Å²) in [6.07, 6.45) is 2.34. The molecule has 3 rings (SSSR count). The van der Waals surface area contributed by atoms with Crippen LogP contribution in [0.1, 0.15) is 26.2 Å². The molecule has 0 saturated carbocycles. The van der Waals surface area contributed by atoms with Crippen LogP contribution >= 0.6 is 0 Å². The summed E-state index contributed by atoms with van der Waals surface area (Å²) in [6.45, 7) is 3.75. The third-order valence-corrected chi connectivity index (χ3v) is 5.18. The first-order chi connectivity index (χ1) is 11.5. The molecule has 2 fully saturated rings. The number of likely N-dealkylation sites (tertiary alicyclic amines) is 1. The van der Waals surface area contributed by atoms with Gasteiger partial charge in [-0.05, 0) is 49.4 Å². The normalized spacial score (nSPS) is 27.6. The minimum atomic E-state index is -0.641. The highest BCUT2D eigenvalue weighted by Gasteiger charge is 2.42. The summed E-state index contributed by atoms with van der Waals surface area (Å²) >= 11 is 0. The largest absolute Gasteiger partial charge is 0.338 e. The maximum atomic E-state index is 13.1. The lowest BCUT2D eigenvalue weighted by atomic mass is 9.91. The van der Waals surface area contributed by atoms with E-state index in [4.69, 9.17) is 5.73 Å². The average Bonchev–Trinajstić information content (AvgIpc) is 2.96. The molecule has 24 heavy (non-hydrogen) atoms. The second-order valence-electron chi connectivity index (χ2n) is 6.86. The average molecular weight is 333 g/mol. The molecule has 2 aliphatic rings. The number of halogens is 1. The van der Waals surface area contributed by atoms with E-state index >= 15 is 0 Å². The fourth-order valence-electron chi connectivity index (χ4n) is 3.75. The summed E-state index contributed by atoms with van der Waals surface area (Å²) in [5.41, 5.74) is 6.47. The Hall–Kier alpha value is -1.95. The van der Waals surface area contributed by atoms with Crippen LogP contribution in [0.5, 0.6) is 0 Å². The smallest absolute Gasteiger partial charge is 0.239 e. The Morgan fingerprint density at radius 3 is 2.62 bits per heavy atom. The van der Waals surface area contributed by atoms with Gasteiger partial charge in [0.1, 0.15) is 11.7 Å². The zero-order chi connectivity index (χ0) is 17.3. The second kappa shape index (κ2) is 6.89. The van der Waals surface area contributed by atoms with Crippen LogP contribution < -0.4 is 10.6 Å². The Morgan fingerprint density at radius 2 is 1.96 bits per heavy atom. The summed E-state index contributed by atoms with van der Waals surface area (Å²) in [5.74, 6) is -0.727. The van der Waals surface area contributed by atoms with Crippen molar-refractivity contribution in [2.75, 3.05) is 24.5 Å². The quantitative estimate of drug-likeness (QED) is 0.857. The van der Waals surface area contributed by atoms with Gasteiger partial charge in [-0.25, -0.2) is 4.39 Å². The number of hydrogen-bond acceptors (Lipinski definition) is 3. The van der Waals surface area contributed by atoms with Crippen LogP contribution in [0.2, 0.25) is 0 Å². The molecule has 5 nitrogen and oxygen atoms in total. The third kappa shape index (κ3) is 3.15. The van der Waals surface area contributed by atoms with Gasteiger partial charge < -0.3 is 15.5 Å². The van der Waals surface area contributed by atoms with Gasteiger partial charge in [0.05, 0.1) is 0 Å². The molecule has 2 saturated heterocycles. The van der Waals surface area contributed by atoms with Crippen LogP contribution in [-0.2, 0) is 9.59 Å². The lowest BCUT2D eigenvalue weighted by Gasteiger charge is -2.39. The predicted octanol–water partition coefficient (Wildman–Crippen LogP) is 1.76. The number of nitrogens with zero attached hydrogens (tertiary/aromatic N) is 2. The molecule has 6 heteroatoms. The first kappa shape index (κ1) is 16.9. The Morgan fingerprint density at radius 1 is 1.25 bits per heavy atom. The molecule has 0 bridgehead atoms. The van der Waals surface area contributed by atoms with E-state index in [-0.39, 0.29) is 23.7 Å². The molecule has 0 radical (unpaired) electrons. The van der Waals surface area contributed by atoms with E-state index in [1.54, 1.807) is 21.9 Å². The number of carbonyl (C=O) groups is 2. The number of carbonyl (C=O) groups excluding carboxylic acids is 2. The van der Waals surface area contributed by atoms with Crippen molar-refractivity contribution in [2.24, 2.45) is 17.6 Å². The van der Waals surface area contributed by atoms with E-state index in [2.05, 4.69) is 6.92 Å². The molecular weight excluding hydrogens is 309 g/mol. The van der Waals surface area contributed by atoms with E-state index in [1.165, 1.54) is 12.1 Å². The van der Waals surface area contributed by atoms with Crippen molar-refractivity contribution in [1.82, 2.24) is 4.90 Å². The zero-order valence-corrected chi connectivity index (χ0v) is 14.0. The zero-order valence-electron chi connectivity index (χ0n) is 14.0. The van der Waals surface area contributed by atoms with Crippen molar-refractivity contribution < 1.29 is 14.0 Å². The fourth-order valence-corrected chi connectivity index (χ4v) is 3.75. The first-order valence-electron chi connectivity index (χ1n) is 8.58. The molecule has 2 amide bonds. The summed E-state index contributed by atoms with van der Waals surface area (Å²) < 4.78 is 13.1. The SMILES string of the molecule is CC1CCN(C(=O)C2CCN(c3ccc(F)cc3)C2=O)C(CN)C1. The number of nitrogens with two attached hydrogens (primary N) is 1. The van der Waals surface area contributed by atoms with Gasteiger partial charge in [0, 0.05) is 31.4 Å². The van der Waals surface area contributed by atoms with Crippen molar-refractivity contribution in [1.29, 1.82) is 0 Å². The number of benzene rings is 1. The fraction of sp³-hybridized carbons (Fsp3) is 0.556. The monoisotopic (exact) mass is 333 g/mol. The van der Waals surface area contributed by atoms with E-state index < -0.39 is 5.92 Å². The van der Waals surface area contributed by atoms with Crippen molar-refractivity contribution in [2.45, 2.75) is 32.2 Å². The van der Waals surface area contributed by atoms with Gasteiger partial charge in [-0.15, -0.1) is 0 Å². The third-order valence-electron chi connectivity index (χ3n) is 5.18. The van der Waals surface area contributed by atoms with Crippen LogP contribution in [0.3, 0.4) is 0 Å². The number of amides is 2. The standard InChI is InChI=1S/C18H24FN3O2/c1-12-6-8-22(15(10-12)11-20)18(24)16-7-9-21(17(16)23)14-4-2-13(19)3-5-14/h2-5,12,15-16H,6-11,20H2,1H3. The topological polar surface area (TPSA) is 66.6 Å². The lowest BCUT2D eigenvalue weighted by Crippen LogP contribution is -2.52. The highest BCUT2D eigenvalue weighted by atomic mass is 19.1. The second-order valence-corrected chi connectivity index (χ2v) is 6.86. The van der Waals surface area contributed by atoms with E-state index in [1.807, 2.05) is 0 Å². The summed E-state index contributed by atoms with van der Waals surface area (Å²) in [6, 6.07) is 5.83. The number of rotatable bonds is 3. The summed E-state index contributed by atoms with van der Waals surface area (Å²) in [7, 11) is 0. The number of piperidine rings is 1. The predicted molar refractivity (Wildman–Crippen MR) is 89.8 cm³/mol. The van der Waals surface area contributed by atoms with E-state index in [9.17, 15) is 14.0 Å².